The van der Waals surface area contributed by atoms with Gasteiger partial charge in [0, 0.05) is 0 Å². The van der Waals surface area contributed by atoms with Crippen LogP contribution in [0.1, 0.15) is 11.1 Å². The summed E-state index contributed by atoms with van der Waals surface area (Å²) in [6, 6.07) is 5.41. The number of alkyl halides is 3. The van der Waals surface area contributed by atoms with Crippen molar-refractivity contribution < 1.29 is 121 Å². The van der Waals surface area contributed by atoms with Gasteiger partial charge in [0.15, 0.2) is 0 Å². The topological polar surface area (TPSA) is 23.1 Å². The van der Waals surface area contributed by atoms with E-state index < -0.39 is 18.3 Å². The maximum atomic E-state index is 12.0. The van der Waals surface area contributed by atoms with Crippen LogP contribution in [0.15, 0.2) is 18.2 Å². The molecule has 1 aromatic rings. The number of hydrogen-bond donors (Lipinski definition) is 0. The second kappa shape index (κ2) is 8.35. The van der Waals surface area contributed by atoms with Crippen molar-refractivity contribution in [1.29, 1.82) is 0 Å². The van der Waals surface area contributed by atoms with E-state index in [0.29, 0.717) is 0 Å². The van der Waals surface area contributed by atoms with Crippen LogP contribution in [0.4, 0.5) is 13.2 Å². The van der Waals surface area contributed by atoms with E-state index in [0.717, 1.165) is 6.07 Å². The molecule has 0 fully saturated rings. The first-order valence-corrected chi connectivity index (χ1v) is 3.20. The minimum absolute atomic E-state index is 0. The molecule has 14 heavy (non-hydrogen) atoms. The molecule has 1 aromatic carbocycles. The first kappa shape index (κ1) is 18.6. The fraction of sp³-hybridized carbons (Fsp3) is 0.250. The largest absolute Gasteiger partial charge is 1.00 e. The van der Waals surface area contributed by atoms with E-state index in [4.69, 9.17) is 0 Å². The van der Waals surface area contributed by atoms with Gasteiger partial charge < -0.3 is 5.11 Å². The van der Waals surface area contributed by atoms with E-state index in [1.807, 2.05) is 6.07 Å². The third kappa shape index (κ3) is 6.10. The number of rotatable bonds is 1. The molecule has 0 aliphatic heterocycles. The molecule has 0 unspecified atom stereocenters. The Morgan fingerprint density at radius 2 is 1.79 bits per heavy atom. The molecule has 0 N–H and O–H groups in total. The van der Waals surface area contributed by atoms with E-state index >= 15 is 0 Å². The van der Waals surface area contributed by atoms with Crippen LogP contribution in [-0.2, 0) is 12.8 Å². The van der Waals surface area contributed by atoms with Crippen LogP contribution in [0.3, 0.4) is 0 Å². The first-order chi connectivity index (χ1) is 5.54. The Hall–Kier alpha value is 2.24. The van der Waals surface area contributed by atoms with Gasteiger partial charge in [0.2, 0.25) is 0 Å². The van der Waals surface area contributed by atoms with Gasteiger partial charge in [-0.2, -0.15) is 43.0 Å². The minimum Gasteiger partial charge on any atom is -0.853 e. The Kier molecular flexibility index (Phi) is 11.1. The van der Waals surface area contributed by atoms with E-state index in [1.54, 1.807) is 0 Å². The molecule has 0 bridgehead atoms. The van der Waals surface area contributed by atoms with Gasteiger partial charge in [0.25, 0.3) is 0 Å². The van der Waals surface area contributed by atoms with E-state index in [2.05, 4.69) is 0 Å². The molecule has 66 valence electrons. The van der Waals surface area contributed by atoms with Crippen molar-refractivity contribution in [2.75, 3.05) is 0 Å². The molecule has 6 heteroatoms. The zero-order valence-electron chi connectivity index (χ0n) is 7.98. The van der Waals surface area contributed by atoms with Crippen molar-refractivity contribution in [3.05, 3.63) is 35.4 Å². The van der Waals surface area contributed by atoms with Crippen molar-refractivity contribution in [3.8, 4) is 0 Å². The van der Waals surface area contributed by atoms with Gasteiger partial charge >= 0.3 is 109 Å². The Labute approximate surface area is 165 Å². The predicted octanol–water partition coefficient (Wildman–Crippen LogP) is -4.63. The van der Waals surface area contributed by atoms with Gasteiger partial charge in [-0.1, -0.05) is 5.56 Å². The van der Waals surface area contributed by atoms with E-state index in [1.165, 1.54) is 12.1 Å². The van der Waals surface area contributed by atoms with E-state index in [-0.39, 0.29) is 108 Å². The second-order valence-electron chi connectivity index (χ2n) is 2.23. The monoisotopic (exact) mass is 252 g/mol. The minimum atomic E-state index is -4.41. The van der Waals surface area contributed by atoms with Crippen LogP contribution in [0.5, 0.6) is 0 Å². The van der Waals surface area contributed by atoms with E-state index in [9.17, 15) is 18.3 Å². The molecule has 0 spiro atoms. The average molecular weight is 252 g/mol. The SMILES string of the molecule is [K+].[K+].[O-]Cc1[c-]c(C(F)(F)F)ccc1. The van der Waals surface area contributed by atoms with Crippen molar-refractivity contribution in [3.63, 3.8) is 0 Å². The fourth-order valence-corrected chi connectivity index (χ4v) is 0.766. The summed E-state index contributed by atoms with van der Waals surface area (Å²) in [4.78, 5) is 0. The van der Waals surface area contributed by atoms with Crippen LogP contribution < -0.4 is 108 Å². The van der Waals surface area contributed by atoms with Crippen LogP contribution >= 0.6 is 0 Å². The Morgan fingerprint density at radius 3 is 2.21 bits per heavy atom. The Bertz CT molecular complexity index is 276. The molecule has 0 aliphatic carbocycles. The number of halogens is 3. The molecule has 0 amide bonds. The second-order valence-corrected chi connectivity index (χ2v) is 2.23. The fourth-order valence-electron chi connectivity index (χ4n) is 0.766. The third-order valence-corrected chi connectivity index (χ3v) is 1.32. The molecule has 0 aromatic heterocycles. The molecule has 1 nitrogen and oxygen atoms in total. The van der Waals surface area contributed by atoms with Crippen molar-refractivity contribution in [2.45, 2.75) is 12.8 Å². The van der Waals surface area contributed by atoms with Crippen molar-refractivity contribution in [1.82, 2.24) is 0 Å². The zero-order chi connectivity index (χ0) is 9.19. The predicted molar refractivity (Wildman–Crippen MR) is 34.0 cm³/mol. The molecule has 0 radical (unpaired) electrons. The molecular formula is C8H5F3K2O. The van der Waals surface area contributed by atoms with Gasteiger partial charge in [-0.25, -0.2) is 0 Å². The summed E-state index contributed by atoms with van der Waals surface area (Å²) in [5.41, 5.74) is -0.860. The average Bonchev–Trinajstić information content (AvgIpc) is 2.03. The molecule has 1 rings (SSSR count). The van der Waals surface area contributed by atoms with Crippen LogP contribution in [0.25, 0.3) is 0 Å². The molecule has 0 aliphatic rings. The summed E-state index contributed by atoms with van der Waals surface area (Å²) in [7, 11) is 0. The van der Waals surface area contributed by atoms with Crippen LogP contribution in [-0.4, -0.2) is 0 Å². The van der Waals surface area contributed by atoms with Crippen LogP contribution in [0.2, 0.25) is 0 Å². The number of hydrogen-bond acceptors (Lipinski definition) is 1. The summed E-state index contributed by atoms with van der Waals surface area (Å²) < 4.78 is 35.9. The first-order valence-electron chi connectivity index (χ1n) is 3.20. The summed E-state index contributed by atoms with van der Waals surface area (Å²) >= 11 is 0. The zero-order valence-corrected chi connectivity index (χ0v) is 14.2. The third-order valence-electron chi connectivity index (χ3n) is 1.32. The van der Waals surface area contributed by atoms with Gasteiger partial charge in [0.1, 0.15) is 0 Å². The summed E-state index contributed by atoms with van der Waals surface area (Å²) in [6.07, 6.45) is -4.41. The van der Waals surface area contributed by atoms with Crippen LogP contribution in [0, 0.1) is 6.07 Å². The molecule has 0 heterocycles. The van der Waals surface area contributed by atoms with Crippen molar-refractivity contribution >= 4 is 0 Å². The standard InChI is InChI=1S/C8H5F3O.2K/c9-8(10,11)7-3-1-2-6(4-7)5-12;;/h1-3H,5H2;;/q-2;2*+1. The molecule has 0 saturated heterocycles. The smallest absolute Gasteiger partial charge is 0.853 e. The van der Waals surface area contributed by atoms with Crippen molar-refractivity contribution in [2.24, 2.45) is 0 Å². The quantitative estimate of drug-likeness (QED) is 0.364. The van der Waals surface area contributed by atoms with Gasteiger partial charge in [-0.3, -0.25) is 0 Å². The maximum absolute atomic E-state index is 12.0. The summed E-state index contributed by atoms with van der Waals surface area (Å²) in [5.74, 6) is 0. The van der Waals surface area contributed by atoms with Gasteiger partial charge in [-0.15, -0.1) is 6.61 Å². The summed E-state index contributed by atoms with van der Waals surface area (Å²) in [5, 5.41) is 10.2. The normalized spacial score (nSPS) is 10.0. The molecular weight excluding hydrogens is 247 g/mol. The van der Waals surface area contributed by atoms with Gasteiger partial charge in [-0.05, 0) is 0 Å². The maximum Gasteiger partial charge on any atom is 1.00 e. The summed E-state index contributed by atoms with van der Waals surface area (Å²) in [6.45, 7) is -0.677. The molecule has 0 atom stereocenters. The number of benzene rings is 1. The Balaban J connectivity index is 0. The molecule has 0 saturated carbocycles. The Morgan fingerprint density at radius 1 is 1.21 bits per heavy atom. The van der Waals surface area contributed by atoms with Gasteiger partial charge in [0.05, 0.1) is 0 Å².